The second-order valence-electron chi connectivity index (χ2n) is 7.67. The van der Waals surface area contributed by atoms with Crippen LogP contribution in [-0.4, -0.2) is 38.1 Å². The van der Waals surface area contributed by atoms with Gasteiger partial charge in [-0.3, -0.25) is 4.79 Å². The van der Waals surface area contributed by atoms with Gasteiger partial charge in [-0.15, -0.1) is 0 Å². The van der Waals surface area contributed by atoms with Crippen LogP contribution in [0, 0.1) is 5.82 Å². The van der Waals surface area contributed by atoms with E-state index < -0.39 is 0 Å². The summed E-state index contributed by atoms with van der Waals surface area (Å²) in [5, 5.41) is 3.10. The number of rotatable bonds is 4. The monoisotopic (exact) mass is 368 g/mol. The second kappa shape index (κ2) is 7.69. The fourth-order valence-electron chi connectivity index (χ4n) is 4.22. The molecule has 2 aliphatic rings. The van der Waals surface area contributed by atoms with E-state index in [1.54, 1.807) is 0 Å². The molecule has 1 amide bonds. The molecule has 0 radical (unpaired) electrons. The molecule has 2 N–H and O–H groups in total. The largest absolute Gasteiger partial charge is 0.360 e. The lowest BCUT2D eigenvalue weighted by molar-refractivity contribution is -0.914. The van der Waals surface area contributed by atoms with Gasteiger partial charge in [0.2, 0.25) is 0 Å². The van der Waals surface area contributed by atoms with Crippen molar-refractivity contribution in [2.45, 2.75) is 32.2 Å². The number of fused-ring (bicyclic) bond motifs is 1. The Morgan fingerprint density at radius 3 is 2.52 bits per heavy atom. The molecule has 1 atom stereocenters. The summed E-state index contributed by atoms with van der Waals surface area (Å²) in [6.45, 7) is 5.55. The minimum atomic E-state index is -0.208. The zero-order chi connectivity index (χ0) is 18.8. The molecular formula is C22H27FN3O+. The first kappa shape index (κ1) is 18.0. The molecule has 142 valence electrons. The van der Waals surface area contributed by atoms with Crippen molar-refractivity contribution in [2.24, 2.45) is 0 Å². The lowest BCUT2D eigenvalue weighted by Gasteiger charge is -2.36. The van der Waals surface area contributed by atoms with Gasteiger partial charge >= 0.3 is 0 Å². The van der Waals surface area contributed by atoms with Crippen molar-refractivity contribution in [3.05, 3.63) is 59.4 Å². The summed E-state index contributed by atoms with van der Waals surface area (Å²) in [4.78, 5) is 16.3. The normalized spacial score (nSPS) is 18.2. The molecule has 0 aromatic heterocycles. The number of benzene rings is 2. The van der Waals surface area contributed by atoms with Gasteiger partial charge in [-0.05, 0) is 73.7 Å². The van der Waals surface area contributed by atoms with Gasteiger partial charge in [0.25, 0.3) is 5.91 Å². The van der Waals surface area contributed by atoms with Crippen LogP contribution in [0.1, 0.15) is 24.5 Å². The van der Waals surface area contributed by atoms with E-state index in [-0.39, 0.29) is 17.8 Å². The standard InChI is InChI=1S/C22H26FN3O/c1-16(22(27)24-20-8-5-17-3-2-4-18(17)15-20)25-11-13-26(14-12-25)21-9-6-19(23)7-10-21/h5-10,15-16H,2-4,11-14H2,1H3,(H,24,27)/p+1/t16-/m0/s1. The average molecular weight is 368 g/mol. The second-order valence-corrected chi connectivity index (χ2v) is 7.67. The lowest BCUT2D eigenvalue weighted by Crippen LogP contribution is -3.19. The van der Waals surface area contributed by atoms with Gasteiger partial charge in [-0.2, -0.15) is 0 Å². The van der Waals surface area contributed by atoms with Crippen LogP contribution in [0.2, 0.25) is 0 Å². The van der Waals surface area contributed by atoms with Crippen molar-refractivity contribution in [3.8, 4) is 0 Å². The van der Waals surface area contributed by atoms with Gasteiger partial charge in [-0.25, -0.2) is 4.39 Å². The molecule has 1 heterocycles. The predicted octanol–water partition coefficient (Wildman–Crippen LogP) is 2.05. The van der Waals surface area contributed by atoms with Crippen LogP contribution >= 0.6 is 0 Å². The third-order valence-electron chi connectivity index (χ3n) is 5.97. The van der Waals surface area contributed by atoms with Gasteiger partial charge in [0.1, 0.15) is 5.82 Å². The van der Waals surface area contributed by atoms with E-state index in [1.165, 1.54) is 34.6 Å². The first-order chi connectivity index (χ1) is 13.1. The van der Waals surface area contributed by atoms with E-state index in [0.717, 1.165) is 50.4 Å². The molecule has 1 aliphatic heterocycles. The number of amides is 1. The highest BCUT2D eigenvalue weighted by molar-refractivity contribution is 5.93. The summed E-state index contributed by atoms with van der Waals surface area (Å²) in [7, 11) is 0. The van der Waals surface area contributed by atoms with Gasteiger partial charge in [0.15, 0.2) is 6.04 Å². The first-order valence-electron chi connectivity index (χ1n) is 9.88. The van der Waals surface area contributed by atoms with E-state index in [1.807, 2.05) is 25.1 Å². The van der Waals surface area contributed by atoms with Gasteiger partial charge in [0, 0.05) is 11.4 Å². The number of nitrogens with zero attached hydrogens (tertiary/aromatic N) is 1. The molecule has 1 fully saturated rings. The zero-order valence-corrected chi connectivity index (χ0v) is 15.8. The summed E-state index contributed by atoms with van der Waals surface area (Å²) >= 11 is 0. The number of carbonyl (C=O) groups excluding carboxylic acids is 1. The Balaban J connectivity index is 1.32. The molecule has 0 bridgehead atoms. The summed E-state index contributed by atoms with van der Waals surface area (Å²) in [5.74, 6) is -0.127. The Kier molecular flexibility index (Phi) is 5.12. The predicted molar refractivity (Wildman–Crippen MR) is 106 cm³/mol. The van der Waals surface area contributed by atoms with E-state index in [4.69, 9.17) is 0 Å². The van der Waals surface area contributed by atoms with Crippen molar-refractivity contribution < 1.29 is 14.1 Å². The van der Waals surface area contributed by atoms with Gasteiger partial charge < -0.3 is 15.1 Å². The van der Waals surface area contributed by atoms with Crippen molar-refractivity contribution in [1.82, 2.24) is 0 Å². The number of carbonyl (C=O) groups is 1. The summed E-state index contributed by atoms with van der Waals surface area (Å²) in [6.07, 6.45) is 3.49. The maximum atomic E-state index is 13.1. The van der Waals surface area contributed by atoms with E-state index in [2.05, 4.69) is 22.3 Å². The number of halogens is 1. The van der Waals surface area contributed by atoms with E-state index >= 15 is 0 Å². The molecule has 1 saturated heterocycles. The third-order valence-corrected chi connectivity index (χ3v) is 5.97. The van der Waals surface area contributed by atoms with Crippen molar-refractivity contribution >= 4 is 17.3 Å². The Morgan fingerprint density at radius 2 is 1.78 bits per heavy atom. The zero-order valence-electron chi connectivity index (χ0n) is 15.8. The first-order valence-corrected chi connectivity index (χ1v) is 9.88. The molecule has 4 rings (SSSR count). The summed E-state index contributed by atoms with van der Waals surface area (Å²) < 4.78 is 13.1. The highest BCUT2D eigenvalue weighted by Crippen LogP contribution is 2.24. The molecule has 0 spiro atoms. The highest BCUT2D eigenvalue weighted by Gasteiger charge is 2.29. The smallest absolute Gasteiger partial charge is 0.282 e. The number of quaternary nitrogens is 1. The minimum absolute atomic E-state index is 0.0816. The summed E-state index contributed by atoms with van der Waals surface area (Å²) in [5.41, 5.74) is 4.76. The number of aryl methyl sites for hydroxylation is 2. The van der Waals surface area contributed by atoms with E-state index in [9.17, 15) is 9.18 Å². The fraction of sp³-hybridized carbons (Fsp3) is 0.409. The molecule has 1 aliphatic carbocycles. The number of anilines is 2. The maximum Gasteiger partial charge on any atom is 0.282 e. The molecule has 2 aromatic rings. The molecule has 2 aromatic carbocycles. The molecule has 0 saturated carbocycles. The third kappa shape index (κ3) is 3.98. The van der Waals surface area contributed by atoms with Crippen LogP contribution in [0.25, 0.3) is 0 Å². The maximum absolute atomic E-state index is 13.1. The van der Waals surface area contributed by atoms with Crippen LogP contribution in [0.5, 0.6) is 0 Å². The van der Waals surface area contributed by atoms with Crippen molar-refractivity contribution in [1.29, 1.82) is 0 Å². The van der Waals surface area contributed by atoms with Crippen LogP contribution in [-0.2, 0) is 17.6 Å². The fourth-order valence-corrected chi connectivity index (χ4v) is 4.22. The molecule has 27 heavy (non-hydrogen) atoms. The molecule has 4 nitrogen and oxygen atoms in total. The molecule has 5 heteroatoms. The number of hydrogen-bond acceptors (Lipinski definition) is 2. The Hall–Kier alpha value is -2.40. The summed E-state index contributed by atoms with van der Waals surface area (Å²) in [6, 6.07) is 12.9. The molecule has 0 unspecified atom stereocenters. The van der Waals surface area contributed by atoms with Gasteiger partial charge in [-0.1, -0.05) is 6.07 Å². The average Bonchev–Trinajstić information content (AvgIpc) is 3.16. The number of hydrogen-bond donors (Lipinski definition) is 2. The number of piperazine rings is 1. The van der Waals surface area contributed by atoms with Crippen LogP contribution in [0.3, 0.4) is 0 Å². The van der Waals surface area contributed by atoms with Crippen LogP contribution in [0.15, 0.2) is 42.5 Å². The quantitative estimate of drug-likeness (QED) is 0.867. The Bertz CT molecular complexity index is 813. The lowest BCUT2D eigenvalue weighted by atomic mass is 10.1. The van der Waals surface area contributed by atoms with Crippen LogP contribution < -0.4 is 15.1 Å². The highest BCUT2D eigenvalue weighted by atomic mass is 19.1. The van der Waals surface area contributed by atoms with Crippen LogP contribution in [0.4, 0.5) is 15.8 Å². The van der Waals surface area contributed by atoms with Gasteiger partial charge in [0.05, 0.1) is 26.2 Å². The Morgan fingerprint density at radius 1 is 1.07 bits per heavy atom. The SMILES string of the molecule is C[C@@H](C(=O)Nc1ccc2c(c1)CCC2)[NH+]1CCN(c2ccc(F)cc2)CC1. The van der Waals surface area contributed by atoms with E-state index in [0.29, 0.717) is 0 Å². The van der Waals surface area contributed by atoms with Crippen molar-refractivity contribution in [2.75, 3.05) is 36.4 Å². The minimum Gasteiger partial charge on any atom is -0.360 e. The number of nitrogens with one attached hydrogen (secondary N) is 2. The topological polar surface area (TPSA) is 36.8 Å². The van der Waals surface area contributed by atoms with Crippen molar-refractivity contribution in [3.63, 3.8) is 0 Å². The Labute approximate surface area is 160 Å². The molecular weight excluding hydrogens is 341 g/mol.